The molecule has 0 aliphatic carbocycles. The molecule has 0 bridgehead atoms. The lowest BCUT2D eigenvalue weighted by molar-refractivity contribution is 0.580. The summed E-state index contributed by atoms with van der Waals surface area (Å²) in [5, 5.41) is 0. The molecule has 26 heavy (non-hydrogen) atoms. The monoisotopic (exact) mass is 376 g/mol. The third kappa shape index (κ3) is 5.05. The Bertz CT molecular complexity index is 797. The lowest BCUT2D eigenvalue weighted by Gasteiger charge is -2.22. The van der Waals surface area contributed by atoms with E-state index in [1.807, 2.05) is 0 Å². The van der Waals surface area contributed by atoms with Crippen LogP contribution in [0.1, 0.15) is 31.2 Å². The van der Waals surface area contributed by atoms with Crippen molar-refractivity contribution in [2.75, 3.05) is 24.5 Å². The summed E-state index contributed by atoms with van der Waals surface area (Å²) in [6.45, 7) is 2.52. The number of sulfonamides is 1. The molecule has 0 saturated carbocycles. The smallest absolute Gasteiger partial charge is 0.240 e. The molecule has 0 atom stereocenters. The van der Waals surface area contributed by atoms with E-state index in [9.17, 15) is 12.8 Å². The molecule has 1 saturated heterocycles. The molecule has 0 unspecified atom stereocenters. The molecule has 0 radical (unpaired) electrons. The second-order valence-electron chi connectivity index (χ2n) is 6.67. The maximum absolute atomic E-state index is 12.9. The summed E-state index contributed by atoms with van der Waals surface area (Å²) in [4.78, 5) is 2.50. The van der Waals surface area contributed by atoms with Gasteiger partial charge in [-0.25, -0.2) is 17.5 Å². The van der Waals surface area contributed by atoms with E-state index in [0.29, 0.717) is 13.0 Å². The number of anilines is 1. The van der Waals surface area contributed by atoms with Crippen molar-refractivity contribution in [1.82, 2.24) is 4.72 Å². The molecule has 0 amide bonds. The molecule has 1 aliphatic rings. The number of nitrogens with one attached hydrogen (secondary N) is 1. The summed E-state index contributed by atoms with van der Waals surface area (Å²) in [6.07, 6.45) is 5.71. The fourth-order valence-corrected chi connectivity index (χ4v) is 4.26. The fourth-order valence-electron chi connectivity index (χ4n) is 3.23. The number of rotatable bonds is 6. The molecule has 6 heteroatoms. The highest BCUT2D eigenvalue weighted by molar-refractivity contribution is 7.89. The lowest BCUT2D eigenvalue weighted by Crippen LogP contribution is -2.26. The zero-order valence-corrected chi connectivity index (χ0v) is 15.6. The van der Waals surface area contributed by atoms with Crippen molar-refractivity contribution >= 4 is 15.7 Å². The summed E-state index contributed by atoms with van der Waals surface area (Å²) in [5.41, 5.74) is 2.33. The first-order chi connectivity index (χ1) is 12.5. The van der Waals surface area contributed by atoms with Crippen LogP contribution in [-0.4, -0.2) is 28.1 Å². The molecule has 1 fully saturated rings. The lowest BCUT2D eigenvalue weighted by atomic mass is 10.1. The highest BCUT2D eigenvalue weighted by Crippen LogP contribution is 2.20. The second-order valence-corrected chi connectivity index (χ2v) is 8.44. The third-order valence-electron chi connectivity index (χ3n) is 4.74. The minimum atomic E-state index is -3.60. The fraction of sp³-hybridized carbons (Fsp3) is 0.400. The topological polar surface area (TPSA) is 49.4 Å². The van der Waals surface area contributed by atoms with Crippen molar-refractivity contribution in [2.24, 2.45) is 0 Å². The Kier molecular flexibility index (Phi) is 6.27. The van der Waals surface area contributed by atoms with Crippen molar-refractivity contribution in [3.05, 3.63) is 59.9 Å². The maximum atomic E-state index is 12.9. The Morgan fingerprint density at radius 2 is 1.50 bits per heavy atom. The molecule has 2 aromatic carbocycles. The van der Waals surface area contributed by atoms with Crippen molar-refractivity contribution in [3.8, 4) is 0 Å². The Labute approximate surface area is 155 Å². The number of hydrogen-bond donors (Lipinski definition) is 1. The average Bonchev–Trinajstić information content (AvgIpc) is 2.92. The van der Waals surface area contributed by atoms with Gasteiger partial charge in [0.2, 0.25) is 10.0 Å². The quantitative estimate of drug-likeness (QED) is 0.836. The van der Waals surface area contributed by atoms with Crippen molar-refractivity contribution in [3.63, 3.8) is 0 Å². The molecule has 1 N–H and O–H groups in total. The highest BCUT2D eigenvalue weighted by atomic mass is 32.2. The molecule has 0 spiro atoms. The maximum Gasteiger partial charge on any atom is 0.240 e. The molecule has 2 aromatic rings. The average molecular weight is 376 g/mol. The van der Waals surface area contributed by atoms with Crippen LogP contribution in [0.15, 0.2) is 53.4 Å². The van der Waals surface area contributed by atoms with Crippen LogP contribution in [-0.2, 0) is 16.4 Å². The summed E-state index contributed by atoms with van der Waals surface area (Å²) in [7, 11) is -3.60. The molecular weight excluding hydrogens is 351 g/mol. The van der Waals surface area contributed by atoms with Crippen LogP contribution in [0.4, 0.5) is 10.1 Å². The van der Waals surface area contributed by atoms with Gasteiger partial charge in [0.25, 0.3) is 0 Å². The second kappa shape index (κ2) is 8.64. The summed E-state index contributed by atoms with van der Waals surface area (Å²) < 4.78 is 39.9. The molecule has 140 valence electrons. The molecule has 3 rings (SSSR count). The first kappa shape index (κ1) is 18.9. The van der Waals surface area contributed by atoms with Crippen molar-refractivity contribution in [1.29, 1.82) is 0 Å². The summed E-state index contributed by atoms with van der Waals surface area (Å²) >= 11 is 0. The van der Waals surface area contributed by atoms with Gasteiger partial charge in [-0.1, -0.05) is 25.0 Å². The van der Waals surface area contributed by atoms with Crippen LogP contribution < -0.4 is 9.62 Å². The van der Waals surface area contributed by atoms with Crippen LogP contribution in [0.3, 0.4) is 0 Å². The van der Waals surface area contributed by atoms with Gasteiger partial charge in [0, 0.05) is 25.3 Å². The van der Waals surface area contributed by atoms with Crippen LogP contribution in [0.5, 0.6) is 0 Å². The molecule has 0 aromatic heterocycles. The van der Waals surface area contributed by atoms with Crippen molar-refractivity contribution in [2.45, 2.75) is 37.0 Å². The van der Waals surface area contributed by atoms with Gasteiger partial charge in [0.15, 0.2) is 0 Å². The molecule has 1 heterocycles. The Morgan fingerprint density at radius 1 is 0.885 bits per heavy atom. The van der Waals surface area contributed by atoms with Crippen LogP contribution in [0, 0.1) is 5.82 Å². The van der Waals surface area contributed by atoms with Gasteiger partial charge >= 0.3 is 0 Å². The van der Waals surface area contributed by atoms with Crippen LogP contribution >= 0.6 is 0 Å². The van der Waals surface area contributed by atoms with E-state index in [1.54, 1.807) is 0 Å². The Balaban J connectivity index is 1.54. The van der Waals surface area contributed by atoms with Crippen LogP contribution in [0.25, 0.3) is 0 Å². The van der Waals surface area contributed by atoms with E-state index >= 15 is 0 Å². The minimum absolute atomic E-state index is 0.0791. The Morgan fingerprint density at radius 3 is 2.12 bits per heavy atom. The largest absolute Gasteiger partial charge is 0.372 e. The third-order valence-corrected chi connectivity index (χ3v) is 6.21. The van der Waals surface area contributed by atoms with Gasteiger partial charge in [-0.3, -0.25) is 0 Å². The normalized spacial score (nSPS) is 15.7. The van der Waals surface area contributed by atoms with Gasteiger partial charge in [0.1, 0.15) is 5.82 Å². The van der Waals surface area contributed by atoms with Gasteiger partial charge < -0.3 is 4.90 Å². The van der Waals surface area contributed by atoms with E-state index in [-0.39, 0.29) is 4.90 Å². The Hall–Kier alpha value is -1.92. The van der Waals surface area contributed by atoms with E-state index in [1.165, 1.54) is 43.5 Å². The van der Waals surface area contributed by atoms with E-state index in [0.717, 1.165) is 30.8 Å². The number of hydrogen-bond acceptors (Lipinski definition) is 3. The van der Waals surface area contributed by atoms with Gasteiger partial charge in [0.05, 0.1) is 4.90 Å². The van der Waals surface area contributed by atoms with Gasteiger partial charge in [-0.05, 0) is 61.2 Å². The molecule has 1 aliphatic heterocycles. The predicted molar refractivity (Wildman–Crippen MR) is 102 cm³/mol. The standard InChI is InChI=1S/C20H25FN2O2S/c21-18-7-11-20(12-8-18)26(24,25)22-14-13-17-5-9-19(10-6-17)23-15-3-1-2-4-16-23/h5-12,22H,1-4,13-16H2. The van der Waals surface area contributed by atoms with E-state index in [2.05, 4.69) is 33.9 Å². The molecular formula is C20H25FN2O2S. The molecule has 4 nitrogen and oxygen atoms in total. The minimum Gasteiger partial charge on any atom is -0.372 e. The van der Waals surface area contributed by atoms with Crippen LogP contribution in [0.2, 0.25) is 0 Å². The number of benzene rings is 2. The van der Waals surface area contributed by atoms with Crippen molar-refractivity contribution < 1.29 is 12.8 Å². The highest BCUT2D eigenvalue weighted by Gasteiger charge is 2.13. The number of nitrogens with zero attached hydrogens (tertiary/aromatic N) is 1. The zero-order valence-electron chi connectivity index (χ0n) is 14.8. The first-order valence-corrected chi connectivity index (χ1v) is 10.6. The van der Waals surface area contributed by atoms with Gasteiger partial charge in [-0.15, -0.1) is 0 Å². The van der Waals surface area contributed by atoms with Gasteiger partial charge in [-0.2, -0.15) is 0 Å². The summed E-state index contributed by atoms with van der Waals surface area (Å²) in [5.74, 6) is -0.451. The zero-order chi connectivity index (χ0) is 18.4. The van der Waals surface area contributed by atoms with E-state index in [4.69, 9.17) is 0 Å². The predicted octanol–water partition coefficient (Wildman–Crippen LogP) is 3.73. The SMILES string of the molecule is O=S(=O)(NCCc1ccc(N2CCCCCC2)cc1)c1ccc(F)cc1. The van der Waals surface area contributed by atoms with E-state index < -0.39 is 15.8 Å². The first-order valence-electron chi connectivity index (χ1n) is 9.14. The summed E-state index contributed by atoms with van der Waals surface area (Å²) in [6, 6.07) is 13.2. The number of halogens is 1.